The third kappa shape index (κ3) is 9.31. The second kappa shape index (κ2) is 8.02. The molecule has 2 nitrogen and oxygen atoms in total. The van der Waals surface area contributed by atoms with Crippen LogP contribution >= 0.6 is 0 Å². The van der Waals surface area contributed by atoms with Gasteiger partial charge in [0, 0.05) is 6.42 Å². The minimum atomic E-state index is -0.923. The van der Waals surface area contributed by atoms with Gasteiger partial charge in [0.15, 0.2) is 0 Å². The van der Waals surface area contributed by atoms with E-state index in [1.54, 1.807) is 0 Å². The highest BCUT2D eigenvalue weighted by Crippen LogP contribution is 2.12. The van der Waals surface area contributed by atoms with E-state index in [1.165, 1.54) is 0 Å². The summed E-state index contributed by atoms with van der Waals surface area (Å²) >= 11 is 0. The number of carboxylic acid groups (broad SMARTS) is 1. The van der Waals surface area contributed by atoms with Gasteiger partial charge in [0.25, 0.3) is 0 Å². The van der Waals surface area contributed by atoms with E-state index in [4.69, 9.17) is 5.11 Å². The molecule has 0 amide bonds. The van der Waals surface area contributed by atoms with Gasteiger partial charge in [0.2, 0.25) is 0 Å². The van der Waals surface area contributed by atoms with Gasteiger partial charge in [-0.2, -0.15) is 0 Å². The first-order valence-electron chi connectivity index (χ1n) is 5.02. The van der Waals surface area contributed by atoms with Crippen molar-refractivity contribution in [3.05, 3.63) is 0 Å². The minimum absolute atomic E-state index is 0.0467. The Labute approximate surface area is 79.1 Å². The maximum Gasteiger partial charge on any atom is 0.303 e. The predicted molar refractivity (Wildman–Crippen MR) is 50.5 cm³/mol. The number of carboxylic acids is 1. The Morgan fingerprint density at radius 1 is 1.31 bits per heavy atom. The summed E-state index contributed by atoms with van der Waals surface area (Å²) in [6.07, 6.45) is 3.95. The summed E-state index contributed by atoms with van der Waals surface area (Å²) in [4.78, 5) is 10.1. The van der Waals surface area contributed by atoms with E-state index in [9.17, 15) is 9.18 Å². The lowest BCUT2D eigenvalue weighted by Crippen LogP contribution is -2.04. The molecule has 0 aromatic rings. The van der Waals surface area contributed by atoms with Gasteiger partial charge in [-0.15, -0.1) is 0 Å². The summed E-state index contributed by atoms with van der Waals surface area (Å²) in [7, 11) is 0. The molecule has 0 aromatic carbocycles. The quantitative estimate of drug-likeness (QED) is 0.595. The van der Waals surface area contributed by atoms with Crippen molar-refractivity contribution >= 4 is 5.97 Å². The molecule has 13 heavy (non-hydrogen) atoms. The standard InChI is InChI=1S/C10H19FO2/c1-2-3-4-5-6-9(11)7-8-10(12)13/h9H,2-8H2,1H3,(H,12,13)/i11-1. The van der Waals surface area contributed by atoms with Crippen LogP contribution in [0.3, 0.4) is 0 Å². The third-order valence-electron chi connectivity index (χ3n) is 2.04. The highest BCUT2D eigenvalue weighted by atomic mass is 18.2. The van der Waals surface area contributed by atoms with Crippen LogP contribution in [0, 0.1) is 0 Å². The summed E-state index contributed by atoms with van der Waals surface area (Å²) in [5, 5.41) is 8.31. The normalized spacial score (nSPS) is 12.8. The van der Waals surface area contributed by atoms with Crippen LogP contribution in [-0.4, -0.2) is 17.2 Å². The summed E-state index contributed by atoms with van der Waals surface area (Å²) in [6, 6.07) is 0. The first-order chi connectivity index (χ1) is 6.16. The largest absolute Gasteiger partial charge is 0.481 e. The smallest absolute Gasteiger partial charge is 0.303 e. The van der Waals surface area contributed by atoms with Gasteiger partial charge in [-0.25, -0.2) is 4.39 Å². The van der Waals surface area contributed by atoms with Gasteiger partial charge < -0.3 is 5.11 Å². The van der Waals surface area contributed by atoms with Crippen LogP contribution in [0.2, 0.25) is 0 Å². The van der Waals surface area contributed by atoms with E-state index in [0.29, 0.717) is 6.42 Å². The van der Waals surface area contributed by atoms with Gasteiger partial charge in [-0.3, -0.25) is 4.79 Å². The lowest BCUT2D eigenvalue weighted by molar-refractivity contribution is -0.137. The Kier molecular flexibility index (Phi) is 7.65. The van der Waals surface area contributed by atoms with Gasteiger partial charge in [0.1, 0.15) is 6.17 Å². The van der Waals surface area contributed by atoms with Crippen LogP contribution < -0.4 is 0 Å². The number of carbonyl (C=O) groups is 1. The maximum absolute atomic E-state index is 12.9. The number of rotatable bonds is 8. The number of alkyl halides is 1. The van der Waals surface area contributed by atoms with Crippen molar-refractivity contribution in [2.45, 2.75) is 58.0 Å². The molecule has 1 N–H and O–H groups in total. The summed E-state index contributed by atoms with van der Waals surface area (Å²) < 4.78 is 12.9. The second-order valence-corrected chi connectivity index (χ2v) is 3.38. The van der Waals surface area contributed by atoms with E-state index >= 15 is 0 Å². The lowest BCUT2D eigenvalue weighted by atomic mass is 10.1. The molecule has 3 heteroatoms. The first-order valence-corrected chi connectivity index (χ1v) is 5.02. The maximum atomic E-state index is 12.9. The molecule has 0 aliphatic heterocycles. The lowest BCUT2D eigenvalue weighted by Gasteiger charge is -2.05. The van der Waals surface area contributed by atoms with Crippen molar-refractivity contribution in [1.29, 1.82) is 0 Å². The monoisotopic (exact) mass is 189 g/mol. The number of aliphatic carboxylic acids is 1. The van der Waals surface area contributed by atoms with E-state index < -0.39 is 12.1 Å². The van der Waals surface area contributed by atoms with Gasteiger partial charge in [-0.05, 0) is 12.8 Å². The Morgan fingerprint density at radius 3 is 2.54 bits per heavy atom. The molecule has 0 radical (unpaired) electrons. The number of hydrogen-bond donors (Lipinski definition) is 1. The fraction of sp³-hybridized carbons (Fsp3) is 0.900. The fourth-order valence-corrected chi connectivity index (χ4v) is 1.22. The first kappa shape index (κ1) is 12.4. The topological polar surface area (TPSA) is 37.3 Å². The SMILES string of the molecule is CCCCCCC([18F])CCC(=O)O. The van der Waals surface area contributed by atoms with Crippen LogP contribution in [0.1, 0.15) is 51.9 Å². The Balaban J connectivity index is 3.19. The highest BCUT2D eigenvalue weighted by molar-refractivity contribution is 5.66. The molecule has 0 saturated heterocycles. The highest BCUT2D eigenvalue weighted by Gasteiger charge is 2.08. The summed E-state index contributed by atoms with van der Waals surface area (Å²) in [5.74, 6) is -0.906. The number of unbranched alkanes of at least 4 members (excludes halogenated alkanes) is 3. The van der Waals surface area contributed by atoms with Crippen molar-refractivity contribution in [1.82, 2.24) is 0 Å². The molecule has 0 aromatic heterocycles. The molecule has 0 heterocycles. The number of hydrogen-bond acceptors (Lipinski definition) is 1. The van der Waals surface area contributed by atoms with Crippen molar-refractivity contribution < 1.29 is 14.3 Å². The molecule has 0 rings (SSSR count). The zero-order valence-corrected chi connectivity index (χ0v) is 8.26. The Bertz CT molecular complexity index is 137. The Hall–Kier alpha value is -0.600. The van der Waals surface area contributed by atoms with Crippen molar-refractivity contribution in [3.63, 3.8) is 0 Å². The fourth-order valence-electron chi connectivity index (χ4n) is 1.22. The van der Waals surface area contributed by atoms with E-state index in [0.717, 1.165) is 25.7 Å². The van der Waals surface area contributed by atoms with Crippen molar-refractivity contribution in [2.75, 3.05) is 0 Å². The molecule has 0 bridgehead atoms. The second-order valence-electron chi connectivity index (χ2n) is 3.38. The molecule has 1 atom stereocenters. The molecule has 0 spiro atoms. The third-order valence-corrected chi connectivity index (χ3v) is 2.04. The van der Waals surface area contributed by atoms with Gasteiger partial charge >= 0.3 is 5.97 Å². The average molecular weight is 189 g/mol. The zero-order chi connectivity index (χ0) is 10.1. The summed E-state index contributed by atoms with van der Waals surface area (Å²) in [5.41, 5.74) is 0. The molecular formula is C10H19FO2. The van der Waals surface area contributed by atoms with Crippen LogP contribution in [0.5, 0.6) is 0 Å². The number of halogens is 1. The zero-order valence-electron chi connectivity index (χ0n) is 8.26. The van der Waals surface area contributed by atoms with Crippen LogP contribution in [0.15, 0.2) is 0 Å². The predicted octanol–water partition coefficient (Wildman–Crippen LogP) is 3.16. The molecule has 1 unspecified atom stereocenters. The van der Waals surface area contributed by atoms with Crippen LogP contribution in [0.25, 0.3) is 0 Å². The molecule has 0 fully saturated rings. The van der Waals surface area contributed by atoms with E-state index in [-0.39, 0.29) is 12.8 Å². The van der Waals surface area contributed by atoms with Crippen molar-refractivity contribution in [3.8, 4) is 0 Å². The molecule has 0 aliphatic rings. The van der Waals surface area contributed by atoms with E-state index in [1.807, 2.05) is 0 Å². The van der Waals surface area contributed by atoms with Gasteiger partial charge in [-0.1, -0.05) is 32.6 Å². The molecule has 0 saturated carbocycles. The summed E-state index contributed by atoms with van der Waals surface area (Å²) in [6.45, 7) is 2.11. The molecule has 78 valence electrons. The van der Waals surface area contributed by atoms with E-state index in [2.05, 4.69) is 6.92 Å². The average Bonchev–Trinajstić information content (AvgIpc) is 2.09. The van der Waals surface area contributed by atoms with Crippen LogP contribution in [-0.2, 0) is 4.79 Å². The van der Waals surface area contributed by atoms with Gasteiger partial charge in [0.05, 0.1) is 0 Å². The minimum Gasteiger partial charge on any atom is -0.481 e. The van der Waals surface area contributed by atoms with Crippen molar-refractivity contribution in [2.24, 2.45) is 0 Å². The molecule has 0 aliphatic carbocycles. The van der Waals surface area contributed by atoms with Crippen LogP contribution in [0.4, 0.5) is 4.39 Å². The molecular weight excluding hydrogens is 170 g/mol. The Morgan fingerprint density at radius 2 is 2.00 bits per heavy atom.